The van der Waals surface area contributed by atoms with E-state index in [1.54, 1.807) is 0 Å². The SMILES string of the molecule is CCn1nc(C(=O)N2CCSCC2)c2c1CCC(O)C2. The van der Waals surface area contributed by atoms with E-state index in [9.17, 15) is 9.90 Å². The van der Waals surface area contributed by atoms with Crippen molar-refractivity contribution in [3.63, 3.8) is 0 Å². The molecule has 1 aliphatic carbocycles. The molecule has 3 rings (SSSR count). The van der Waals surface area contributed by atoms with Crippen molar-refractivity contribution in [1.29, 1.82) is 0 Å². The van der Waals surface area contributed by atoms with E-state index in [1.165, 1.54) is 0 Å². The molecule has 5 nitrogen and oxygen atoms in total. The number of nitrogens with zero attached hydrogens (tertiary/aromatic N) is 3. The molecule has 0 saturated carbocycles. The number of fused-ring (bicyclic) bond motifs is 1. The summed E-state index contributed by atoms with van der Waals surface area (Å²) in [5.41, 5.74) is 2.70. The Morgan fingerprint density at radius 1 is 1.45 bits per heavy atom. The van der Waals surface area contributed by atoms with Crippen molar-refractivity contribution >= 4 is 17.7 Å². The highest BCUT2D eigenvalue weighted by molar-refractivity contribution is 7.99. The first-order valence-corrected chi connectivity index (χ1v) is 8.49. The molecule has 1 aliphatic heterocycles. The number of rotatable bonds is 2. The third-order valence-corrected chi connectivity index (χ3v) is 5.06. The minimum absolute atomic E-state index is 0.0443. The van der Waals surface area contributed by atoms with Crippen molar-refractivity contribution in [1.82, 2.24) is 14.7 Å². The number of carbonyl (C=O) groups excluding carboxylic acids is 1. The van der Waals surface area contributed by atoms with Gasteiger partial charge in [-0.1, -0.05) is 0 Å². The van der Waals surface area contributed by atoms with Crippen molar-refractivity contribution in [3.05, 3.63) is 17.0 Å². The highest BCUT2D eigenvalue weighted by Crippen LogP contribution is 2.26. The molecular weight excluding hydrogens is 274 g/mol. The van der Waals surface area contributed by atoms with Crippen molar-refractivity contribution in [2.24, 2.45) is 0 Å². The van der Waals surface area contributed by atoms with Gasteiger partial charge < -0.3 is 10.0 Å². The second-order valence-corrected chi connectivity index (χ2v) is 6.62. The highest BCUT2D eigenvalue weighted by Gasteiger charge is 2.30. The summed E-state index contributed by atoms with van der Waals surface area (Å²) in [5, 5.41) is 14.4. The van der Waals surface area contributed by atoms with Gasteiger partial charge in [-0.15, -0.1) is 0 Å². The number of aliphatic hydroxyl groups is 1. The molecule has 1 N–H and O–H groups in total. The minimum atomic E-state index is -0.333. The topological polar surface area (TPSA) is 58.4 Å². The number of aryl methyl sites for hydroxylation is 1. The van der Waals surface area contributed by atoms with Crippen LogP contribution in [0.1, 0.15) is 35.1 Å². The van der Waals surface area contributed by atoms with Gasteiger partial charge in [0.2, 0.25) is 0 Å². The summed E-state index contributed by atoms with van der Waals surface area (Å²) in [7, 11) is 0. The van der Waals surface area contributed by atoms with Crippen molar-refractivity contribution < 1.29 is 9.90 Å². The lowest BCUT2D eigenvalue weighted by molar-refractivity contribution is 0.0763. The summed E-state index contributed by atoms with van der Waals surface area (Å²) in [4.78, 5) is 14.6. The zero-order valence-electron chi connectivity index (χ0n) is 11.8. The fraction of sp³-hybridized carbons (Fsp3) is 0.714. The Morgan fingerprint density at radius 2 is 2.20 bits per heavy atom. The maximum absolute atomic E-state index is 12.7. The Morgan fingerprint density at radius 3 is 2.90 bits per heavy atom. The van der Waals surface area contributed by atoms with Gasteiger partial charge in [0.15, 0.2) is 5.69 Å². The number of aromatic nitrogens is 2. The summed E-state index contributed by atoms with van der Waals surface area (Å²) in [6, 6.07) is 0. The molecule has 0 spiro atoms. The number of hydrogen-bond donors (Lipinski definition) is 1. The van der Waals surface area contributed by atoms with Gasteiger partial charge in [0.25, 0.3) is 5.91 Å². The predicted octanol–water partition coefficient (Wildman–Crippen LogP) is 0.942. The van der Waals surface area contributed by atoms with E-state index in [1.807, 2.05) is 28.3 Å². The Hall–Kier alpha value is -1.01. The maximum Gasteiger partial charge on any atom is 0.274 e. The second-order valence-electron chi connectivity index (χ2n) is 5.39. The zero-order chi connectivity index (χ0) is 14.1. The summed E-state index contributed by atoms with van der Waals surface area (Å²) < 4.78 is 1.94. The summed E-state index contributed by atoms with van der Waals surface area (Å²) >= 11 is 1.89. The fourth-order valence-corrected chi connectivity index (χ4v) is 3.92. The number of carbonyl (C=O) groups is 1. The number of hydrogen-bond acceptors (Lipinski definition) is 4. The number of thioether (sulfide) groups is 1. The normalized spacial score (nSPS) is 22.7. The molecule has 2 aliphatic rings. The zero-order valence-corrected chi connectivity index (χ0v) is 12.7. The molecule has 1 saturated heterocycles. The standard InChI is InChI=1S/C14H21N3O2S/c1-2-17-12-4-3-10(18)9-11(12)13(15-17)14(19)16-5-7-20-8-6-16/h10,18H,2-9H2,1H3. The van der Waals surface area contributed by atoms with E-state index in [0.29, 0.717) is 12.1 Å². The van der Waals surface area contributed by atoms with Crippen LogP contribution in [0.2, 0.25) is 0 Å². The molecule has 1 amide bonds. The van der Waals surface area contributed by atoms with Crippen LogP contribution in [0.5, 0.6) is 0 Å². The van der Waals surface area contributed by atoms with Gasteiger partial charge in [-0.3, -0.25) is 9.48 Å². The van der Waals surface area contributed by atoms with Crippen molar-refractivity contribution in [3.8, 4) is 0 Å². The maximum atomic E-state index is 12.7. The highest BCUT2D eigenvalue weighted by atomic mass is 32.2. The van der Waals surface area contributed by atoms with Crippen molar-refractivity contribution in [2.75, 3.05) is 24.6 Å². The molecule has 2 heterocycles. The Balaban J connectivity index is 1.92. The van der Waals surface area contributed by atoms with Gasteiger partial charge in [-0.05, 0) is 19.8 Å². The predicted molar refractivity (Wildman–Crippen MR) is 79.2 cm³/mol. The van der Waals surface area contributed by atoms with Crippen LogP contribution in [0.15, 0.2) is 0 Å². The van der Waals surface area contributed by atoms with Gasteiger partial charge in [-0.2, -0.15) is 16.9 Å². The summed E-state index contributed by atoms with van der Waals surface area (Å²) in [5.74, 6) is 2.05. The van der Waals surface area contributed by atoms with Crippen LogP contribution in [0, 0.1) is 0 Å². The van der Waals surface area contributed by atoms with Gasteiger partial charge in [-0.25, -0.2) is 0 Å². The van der Waals surface area contributed by atoms with E-state index < -0.39 is 0 Å². The Bertz CT molecular complexity index is 509. The smallest absolute Gasteiger partial charge is 0.274 e. The third kappa shape index (κ3) is 2.46. The van der Waals surface area contributed by atoms with Gasteiger partial charge >= 0.3 is 0 Å². The lowest BCUT2D eigenvalue weighted by Crippen LogP contribution is -2.38. The molecule has 0 radical (unpaired) electrons. The van der Waals surface area contributed by atoms with Gasteiger partial charge in [0, 0.05) is 48.8 Å². The molecule has 0 bridgehead atoms. The lowest BCUT2D eigenvalue weighted by atomic mass is 9.93. The van der Waals surface area contributed by atoms with Crippen LogP contribution in [0.25, 0.3) is 0 Å². The molecule has 1 fully saturated rings. The molecule has 110 valence electrons. The number of amides is 1. The van der Waals surface area contributed by atoms with E-state index in [0.717, 1.165) is 55.2 Å². The first kappa shape index (κ1) is 13.9. The fourth-order valence-electron chi connectivity index (χ4n) is 3.02. The first-order chi connectivity index (χ1) is 9.70. The Labute approximate surface area is 123 Å². The summed E-state index contributed by atoms with van der Waals surface area (Å²) in [6.07, 6.45) is 1.83. The molecule has 1 atom stereocenters. The van der Waals surface area contributed by atoms with Crippen LogP contribution in [0.4, 0.5) is 0 Å². The molecule has 1 aromatic heterocycles. The Kier molecular flexibility index (Phi) is 4.03. The van der Waals surface area contributed by atoms with E-state index in [4.69, 9.17) is 0 Å². The largest absolute Gasteiger partial charge is 0.393 e. The van der Waals surface area contributed by atoms with Crippen LogP contribution in [-0.4, -0.2) is 56.4 Å². The minimum Gasteiger partial charge on any atom is -0.393 e. The van der Waals surface area contributed by atoms with Gasteiger partial charge in [0.1, 0.15) is 0 Å². The monoisotopic (exact) mass is 295 g/mol. The average molecular weight is 295 g/mol. The summed E-state index contributed by atoms with van der Waals surface area (Å²) in [6.45, 7) is 4.44. The quantitative estimate of drug-likeness (QED) is 0.882. The van der Waals surface area contributed by atoms with Crippen LogP contribution >= 0.6 is 11.8 Å². The molecule has 6 heteroatoms. The molecule has 20 heavy (non-hydrogen) atoms. The van der Waals surface area contributed by atoms with Gasteiger partial charge in [0.05, 0.1) is 6.10 Å². The van der Waals surface area contributed by atoms with Crippen LogP contribution in [-0.2, 0) is 19.4 Å². The lowest BCUT2D eigenvalue weighted by Gasteiger charge is -2.26. The third-order valence-electron chi connectivity index (χ3n) is 4.12. The molecule has 1 unspecified atom stereocenters. The number of aliphatic hydroxyl groups excluding tert-OH is 1. The van der Waals surface area contributed by atoms with Crippen LogP contribution < -0.4 is 0 Å². The molecule has 1 aromatic rings. The molecule has 0 aromatic carbocycles. The first-order valence-electron chi connectivity index (χ1n) is 7.34. The van der Waals surface area contributed by atoms with E-state index >= 15 is 0 Å². The average Bonchev–Trinajstić information content (AvgIpc) is 2.85. The molecular formula is C14H21N3O2S. The van der Waals surface area contributed by atoms with Crippen molar-refractivity contribution in [2.45, 2.75) is 38.8 Å². The van der Waals surface area contributed by atoms with E-state index in [2.05, 4.69) is 5.10 Å². The van der Waals surface area contributed by atoms with Crippen LogP contribution in [0.3, 0.4) is 0 Å². The second kappa shape index (κ2) is 5.77. The van der Waals surface area contributed by atoms with E-state index in [-0.39, 0.29) is 12.0 Å².